The Bertz CT molecular complexity index is 1250. The van der Waals surface area contributed by atoms with Gasteiger partial charge in [-0.15, -0.1) is 21.5 Å². The molecule has 10 heteroatoms. The number of fused-ring (bicyclic) bond motifs is 1. The number of esters is 1. The number of nitrogens with one attached hydrogen (secondary N) is 1. The average Bonchev–Trinajstić information content (AvgIpc) is 3.37. The van der Waals surface area contributed by atoms with Gasteiger partial charge in [-0.25, -0.2) is 4.79 Å². The van der Waals surface area contributed by atoms with E-state index in [0.29, 0.717) is 21.5 Å². The second-order valence-electron chi connectivity index (χ2n) is 9.18. The molecule has 1 aliphatic carbocycles. The quantitative estimate of drug-likeness (QED) is 0.289. The van der Waals surface area contributed by atoms with Crippen molar-refractivity contribution < 1.29 is 19.1 Å². The van der Waals surface area contributed by atoms with Crippen LogP contribution in [0.3, 0.4) is 0 Å². The summed E-state index contributed by atoms with van der Waals surface area (Å²) in [7, 11) is 1.86. The third-order valence-electron chi connectivity index (χ3n) is 5.84. The van der Waals surface area contributed by atoms with E-state index in [4.69, 9.17) is 9.47 Å². The minimum absolute atomic E-state index is 0.139. The van der Waals surface area contributed by atoms with E-state index in [1.165, 1.54) is 28.0 Å². The SMILES string of the molecule is Cc1cccc(OC(C)c2nnc(SCC(=O)Nc3sc4c(c3C(=O)OC(C)C)CCCC4)n2C)c1. The number of ether oxygens (including phenoxy) is 2. The van der Waals surface area contributed by atoms with E-state index in [9.17, 15) is 9.59 Å². The van der Waals surface area contributed by atoms with Gasteiger partial charge in [0.1, 0.15) is 10.8 Å². The van der Waals surface area contributed by atoms with Gasteiger partial charge in [-0.3, -0.25) is 4.79 Å². The van der Waals surface area contributed by atoms with Crippen LogP contribution in [0.4, 0.5) is 5.00 Å². The van der Waals surface area contributed by atoms with Crippen molar-refractivity contribution in [1.82, 2.24) is 14.8 Å². The van der Waals surface area contributed by atoms with Crippen LogP contribution in [0.25, 0.3) is 0 Å². The lowest BCUT2D eigenvalue weighted by molar-refractivity contribution is -0.113. The highest BCUT2D eigenvalue weighted by Crippen LogP contribution is 2.39. The van der Waals surface area contributed by atoms with Crippen molar-refractivity contribution in [3.8, 4) is 5.75 Å². The van der Waals surface area contributed by atoms with E-state index in [1.54, 1.807) is 0 Å². The molecule has 4 rings (SSSR count). The summed E-state index contributed by atoms with van der Waals surface area (Å²) in [4.78, 5) is 26.9. The van der Waals surface area contributed by atoms with Gasteiger partial charge in [-0.1, -0.05) is 23.9 Å². The average molecular weight is 529 g/mol. The molecular formula is C26H32N4O4S2. The molecule has 0 saturated heterocycles. The maximum atomic E-state index is 12.9. The molecule has 0 bridgehead atoms. The minimum Gasteiger partial charge on any atom is -0.483 e. The molecule has 0 aliphatic heterocycles. The molecule has 1 aromatic carbocycles. The summed E-state index contributed by atoms with van der Waals surface area (Å²) in [6.07, 6.45) is 3.36. The highest BCUT2D eigenvalue weighted by atomic mass is 32.2. The normalized spacial score (nSPS) is 13.8. The summed E-state index contributed by atoms with van der Waals surface area (Å²) < 4.78 is 13.3. The molecular weight excluding hydrogens is 496 g/mol. The monoisotopic (exact) mass is 528 g/mol. The molecule has 3 aromatic rings. The van der Waals surface area contributed by atoms with Crippen LogP contribution in [-0.2, 0) is 29.4 Å². The maximum absolute atomic E-state index is 12.9. The number of anilines is 1. The van der Waals surface area contributed by atoms with E-state index in [-0.39, 0.29) is 29.8 Å². The van der Waals surface area contributed by atoms with Gasteiger partial charge in [0.25, 0.3) is 0 Å². The van der Waals surface area contributed by atoms with Gasteiger partial charge in [0.15, 0.2) is 17.1 Å². The predicted octanol–water partition coefficient (Wildman–Crippen LogP) is 5.50. The zero-order valence-corrected chi connectivity index (χ0v) is 22.9. The molecule has 1 atom stereocenters. The molecule has 1 amide bonds. The van der Waals surface area contributed by atoms with Gasteiger partial charge in [0, 0.05) is 11.9 Å². The largest absolute Gasteiger partial charge is 0.483 e. The molecule has 1 aliphatic rings. The smallest absolute Gasteiger partial charge is 0.341 e. The summed E-state index contributed by atoms with van der Waals surface area (Å²) in [6.45, 7) is 7.59. The highest BCUT2D eigenvalue weighted by Gasteiger charge is 2.28. The Balaban J connectivity index is 1.41. The van der Waals surface area contributed by atoms with Gasteiger partial charge in [0.05, 0.1) is 17.4 Å². The van der Waals surface area contributed by atoms with E-state index < -0.39 is 0 Å². The Morgan fingerprint density at radius 2 is 1.97 bits per heavy atom. The number of rotatable bonds is 9. The van der Waals surface area contributed by atoms with Gasteiger partial charge in [0.2, 0.25) is 5.91 Å². The van der Waals surface area contributed by atoms with E-state index in [2.05, 4.69) is 15.5 Å². The number of hydrogen-bond donors (Lipinski definition) is 1. The van der Waals surface area contributed by atoms with Crippen LogP contribution in [0.1, 0.15) is 71.9 Å². The van der Waals surface area contributed by atoms with Crippen molar-refractivity contribution in [3.05, 3.63) is 51.7 Å². The van der Waals surface area contributed by atoms with Gasteiger partial charge >= 0.3 is 5.97 Å². The molecule has 192 valence electrons. The lowest BCUT2D eigenvalue weighted by Gasteiger charge is -2.14. The summed E-state index contributed by atoms with van der Waals surface area (Å²) in [5.41, 5.74) is 2.66. The fourth-order valence-electron chi connectivity index (χ4n) is 4.19. The number of amides is 1. The molecule has 36 heavy (non-hydrogen) atoms. The van der Waals surface area contributed by atoms with Crippen LogP contribution in [0, 0.1) is 6.92 Å². The van der Waals surface area contributed by atoms with Crippen LogP contribution in [-0.4, -0.2) is 38.5 Å². The fourth-order valence-corrected chi connectivity index (χ4v) is 6.20. The number of carbonyl (C=O) groups is 2. The Morgan fingerprint density at radius 1 is 1.19 bits per heavy atom. The number of aryl methyl sites for hydroxylation is 2. The van der Waals surface area contributed by atoms with E-state index >= 15 is 0 Å². The first-order valence-electron chi connectivity index (χ1n) is 12.1. The van der Waals surface area contributed by atoms with Gasteiger partial charge in [-0.2, -0.15) is 0 Å². The number of hydrogen-bond acceptors (Lipinski definition) is 8. The second kappa shape index (κ2) is 11.5. The Hall–Kier alpha value is -2.85. The van der Waals surface area contributed by atoms with Crippen molar-refractivity contribution in [2.75, 3.05) is 11.1 Å². The first-order valence-corrected chi connectivity index (χ1v) is 13.9. The lowest BCUT2D eigenvalue weighted by atomic mass is 9.95. The first kappa shape index (κ1) is 26.2. The zero-order valence-electron chi connectivity index (χ0n) is 21.3. The fraction of sp³-hybridized carbons (Fsp3) is 0.462. The number of carbonyl (C=O) groups excluding carboxylic acids is 2. The Morgan fingerprint density at radius 3 is 2.72 bits per heavy atom. The lowest BCUT2D eigenvalue weighted by Crippen LogP contribution is -2.19. The Kier molecular flexibility index (Phi) is 8.35. The number of nitrogens with zero attached hydrogens (tertiary/aromatic N) is 3. The third kappa shape index (κ3) is 6.10. The van der Waals surface area contributed by atoms with Crippen molar-refractivity contribution in [2.45, 2.75) is 70.7 Å². The van der Waals surface area contributed by atoms with Crippen molar-refractivity contribution in [3.63, 3.8) is 0 Å². The summed E-state index contributed by atoms with van der Waals surface area (Å²) in [5, 5.41) is 12.7. The van der Waals surface area contributed by atoms with Crippen LogP contribution in [0.15, 0.2) is 29.4 Å². The molecule has 1 unspecified atom stereocenters. The molecule has 0 spiro atoms. The second-order valence-corrected chi connectivity index (χ2v) is 11.2. The third-order valence-corrected chi connectivity index (χ3v) is 8.07. The Labute approximate surface area is 219 Å². The molecule has 0 saturated carbocycles. The maximum Gasteiger partial charge on any atom is 0.341 e. The van der Waals surface area contributed by atoms with E-state index in [1.807, 2.05) is 63.6 Å². The standard InChI is InChI=1S/C26H32N4O4S2/c1-15(2)33-25(32)22-19-11-6-7-12-20(19)36-24(22)27-21(31)14-35-26-29-28-23(30(26)5)17(4)34-18-10-8-9-16(3)13-18/h8-10,13,15,17H,6-7,11-12,14H2,1-5H3,(H,27,31). The first-order chi connectivity index (χ1) is 17.2. The molecule has 8 nitrogen and oxygen atoms in total. The van der Waals surface area contributed by atoms with Gasteiger partial charge < -0.3 is 19.4 Å². The molecule has 0 fully saturated rings. The van der Waals surface area contributed by atoms with Crippen LogP contribution < -0.4 is 10.1 Å². The summed E-state index contributed by atoms with van der Waals surface area (Å²) >= 11 is 2.78. The van der Waals surface area contributed by atoms with Crippen LogP contribution >= 0.6 is 23.1 Å². The van der Waals surface area contributed by atoms with Gasteiger partial charge in [-0.05, 0) is 76.6 Å². The highest BCUT2D eigenvalue weighted by molar-refractivity contribution is 7.99. The molecule has 0 radical (unpaired) electrons. The molecule has 1 N–H and O–H groups in total. The van der Waals surface area contributed by atoms with Crippen LogP contribution in [0.2, 0.25) is 0 Å². The van der Waals surface area contributed by atoms with E-state index in [0.717, 1.165) is 42.6 Å². The summed E-state index contributed by atoms with van der Waals surface area (Å²) in [6, 6.07) is 7.85. The minimum atomic E-state index is -0.368. The number of thiophene rings is 1. The van der Waals surface area contributed by atoms with Crippen molar-refractivity contribution in [1.29, 1.82) is 0 Å². The number of benzene rings is 1. The summed E-state index contributed by atoms with van der Waals surface area (Å²) in [5.74, 6) is 1.01. The predicted molar refractivity (Wildman–Crippen MR) is 142 cm³/mol. The number of aromatic nitrogens is 3. The zero-order chi connectivity index (χ0) is 25.8. The topological polar surface area (TPSA) is 95.3 Å². The van der Waals surface area contributed by atoms with Crippen LogP contribution in [0.5, 0.6) is 5.75 Å². The molecule has 2 aromatic heterocycles. The van der Waals surface area contributed by atoms with Crippen molar-refractivity contribution in [2.24, 2.45) is 7.05 Å². The number of thioether (sulfide) groups is 1. The molecule has 2 heterocycles. The van der Waals surface area contributed by atoms with Crippen molar-refractivity contribution >= 4 is 40.0 Å².